The predicted octanol–water partition coefficient (Wildman–Crippen LogP) is 1.10. The summed E-state index contributed by atoms with van der Waals surface area (Å²) in [6.07, 6.45) is 1.79. The van der Waals surface area contributed by atoms with Crippen LogP contribution < -0.4 is 14.9 Å². The first-order valence-corrected chi connectivity index (χ1v) is 8.76. The van der Waals surface area contributed by atoms with Gasteiger partial charge in [0.25, 0.3) is 12.1 Å². The number of nitrogens with zero attached hydrogens (tertiary/aromatic N) is 4. The van der Waals surface area contributed by atoms with Crippen LogP contribution in [0.15, 0.2) is 18.6 Å². The molecule has 1 N–H and O–H groups in total. The quantitative estimate of drug-likeness (QED) is 0.807. The molecule has 0 bridgehead atoms. The first-order valence-electron chi connectivity index (χ1n) is 8.76. The Morgan fingerprint density at radius 2 is 2.22 bits per heavy atom. The van der Waals surface area contributed by atoms with E-state index >= 15 is 0 Å². The van der Waals surface area contributed by atoms with Crippen molar-refractivity contribution in [2.75, 3.05) is 7.11 Å². The standard InChI is InChI=1S/C17H16F3N5O2/c1-27-24-5-4-21-12(8-24)25-14-10-6-9(10)7-11(14)13(23-25)15(26)22-16(2-3-16)17(18,19)20/h4-5,8-10H,2-3,6-7H2,1H3/p+1. The summed E-state index contributed by atoms with van der Waals surface area (Å²) in [5, 5.41) is 6.53. The SMILES string of the molecule is CO[n+]1ccnc(-n2nc(C(=O)NC3(C(F)(F)F)CC3)c3c2C2CC2C3)c1. The van der Waals surface area contributed by atoms with Crippen molar-refractivity contribution in [1.29, 1.82) is 0 Å². The summed E-state index contributed by atoms with van der Waals surface area (Å²) in [7, 11) is 1.50. The van der Waals surface area contributed by atoms with E-state index in [0.717, 1.165) is 17.7 Å². The van der Waals surface area contributed by atoms with Crippen molar-refractivity contribution in [2.24, 2.45) is 5.92 Å². The van der Waals surface area contributed by atoms with Crippen LogP contribution in [0.1, 0.15) is 46.9 Å². The topological polar surface area (TPSA) is 72.9 Å². The Hall–Kier alpha value is -2.65. The first kappa shape index (κ1) is 16.5. The average molecular weight is 380 g/mol. The molecule has 3 aliphatic carbocycles. The third-order valence-electron chi connectivity index (χ3n) is 5.71. The number of carbonyl (C=O) groups excluding carboxylic acids is 1. The molecule has 2 aromatic heterocycles. The molecule has 2 atom stereocenters. The van der Waals surface area contributed by atoms with Crippen LogP contribution in [-0.4, -0.2) is 39.5 Å². The van der Waals surface area contributed by atoms with Crippen molar-refractivity contribution in [3.63, 3.8) is 0 Å². The molecule has 1 amide bonds. The number of carbonyl (C=O) groups is 1. The van der Waals surface area contributed by atoms with Gasteiger partial charge in [-0.15, -0.1) is 0 Å². The molecule has 0 radical (unpaired) electrons. The van der Waals surface area contributed by atoms with Gasteiger partial charge in [-0.3, -0.25) is 9.63 Å². The van der Waals surface area contributed by atoms with Gasteiger partial charge in [0.15, 0.2) is 5.69 Å². The number of hydrogen-bond donors (Lipinski definition) is 1. The molecule has 0 spiro atoms. The molecule has 2 saturated carbocycles. The van der Waals surface area contributed by atoms with E-state index in [-0.39, 0.29) is 24.5 Å². The van der Waals surface area contributed by atoms with Gasteiger partial charge in [-0.1, -0.05) is 0 Å². The maximum absolute atomic E-state index is 13.2. The molecule has 2 unspecified atom stereocenters. The number of hydrogen-bond acceptors (Lipinski definition) is 4. The third-order valence-corrected chi connectivity index (χ3v) is 5.71. The Balaban J connectivity index is 1.53. The van der Waals surface area contributed by atoms with E-state index in [1.165, 1.54) is 18.0 Å². The second kappa shape index (κ2) is 5.20. The zero-order valence-corrected chi connectivity index (χ0v) is 14.5. The predicted molar refractivity (Wildman–Crippen MR) is 84.1 cm³/mol. The summed E-state index contributed by atoms with van der Waals surface area (Å²) in [6.45, 7) is 0. The minimum absolute atomic E-state index is 0.0716. The van der Waals surface area contributed by atoms with Gasteiger partial charge in [-0.05, 0) is 31.6 Å². The first-order chi connectivity index (χ1) is 12.8. The second-order valence-corrected chi connectivity index (χ2v) is 7.42. The minimum atomic E-state index is -4.46. The molecule has 7 nitrogen and oxygen atoms in total. The molecule has 27 heavy (non-hydrogen) atoms. The van der Waals surface area contributed by atoms with Gasteiger partial charge in [0.05, 0.1) is 11.9 Å². The lowest BCUT2D eigenvalue weighted by Crippen LogP contribution is -2.48. The van der Waals surface area contributed by atoms with Gasteiger partial charge in [0.1, 0.15) is 12.6 Å². The molecule has 2 fully saturated rings. The Kier molecular flexibility index (Phi) is 3.18. The van der Waals surface area contributed by atoms with Crippen LogP contribution in [0.2, 0.25) is 0 Å². The van der Waals surface area contributed by atoms with E-state index in [4.69, 9.17) is 4.84 Å². The third kappa shape index (κ3) is 2.42. The Bertz CT molecular complexity index is 951. The van der Waals surface area contributed by atoms with Gasteiger partial charge in [0, 0.05) is 16.2 Å². The zero-order chi connectivity index (χ0) is 19.0. The highest BCUT2D eigenvalue weighted by atomic mass is 19.4. The summed E-state index contributed by atoms with van der Waals surface area (Å²) in [5.74, 6) is 0.409. The number of alkyl halides is 3. The molecule has 2 heterocycles. The summed E-state index contributed by atoms with van der Waals surface area (Å²) in [5.41, 5.74) is -0.418. The highest BCUT2D eigenvalue weighted by Crippen LogP contribution is 2.57. The van der Waals surface area contributed by atoms with Crippen LogP contribution in [0, 0.1) is 5.92 Å². The summed E-state index contributed by atoms with van der Waals surface area (Å²) >= 11 is 0. The smallest absolute Gasteiger partial charge is 0.336 e. The van der Waals surface area contributed by atoms with Crippen molar-refractivity contribution in [2.45, 2.75) is 43.3 Å². The van der Waals surface area contributed by atoms with Gasteiger partial charge in [-0.25, -0.2) is 9.67 Å². The number of nitrogens with one attached hydrogen (secondary N) is 1. The van der Waals surface area contributed by atoms with E-state index in [1.807, 2.05) is 0 Å². The largest absolute Gasteiger partial charge is 0.411 e. The van der Waals surface area contributed by atoms with Crippen molar-refractivity contribution in [3.8, 4) is 5.82 Å². The van der Waals surface area contributed by atoms with Crippen LogP contribution in [0.25, 0.3) is 5.82 Å². The van der Waals surface area contributed by atoms with E-state index < -0.39 is 17.6 Å². The number of halogens is 3. The van der Waals surface area contributed by atoms with Crippen LogP contribution in [0.3, 0.4) is 0 Å². The second-order valence-electron chi connectivity index (χ2n) is 7.42. The monoisotopic (exact) mass is 380 g/mol. The van der Waals surface area contributed by atoms with Crippen LogP contribution in [0.5, 0.6) is 0 Å². The fourth-order valence-corrected chi connectivity index (χ4v) is 3.94. The van der Waals surface area contributed by atoms with Crippen molar-refractivity contribution < 1.29 is 27.5 Å². The van der Waals surface area contributed by atoms with Crippen LogP contribution in [0.4, 0.5) is 13.2 Å². The highest BCUT2D eigenvalue weighted by molar-refractivity contribution is 5.95. The lowest BCUT2D eigenvalue weighted by Gasteiger charge is -2.20. The molecule has 3 aliphatic rings. The summed E-state index contributed by atoms with van der Waals surface area (Å²) < 4.78 is 42.6. The molecule has 5 rings (SSSR count). The Morgan fingerprint density at radius 3 is 2.89 bits per heavy atom. The molecule has 10 heteroatoms. The average Bonchev–Trinajstić information content (AvgIpc) is 3.51. The van der Waals surface area contributed by atoms with E-state index in [0.29, 0.717) is 18.2 Å². The lowest BCUT2D eigenvalue weighted by atomic mass is 10.1. The molecule has 0 aliphatic heterocycles. The van der Waals surface area contributed by atoms with Crippen molar-refractivity contribution in [3.05, 3.63) is 35.5 Å². The zero-order valence-electron chi connectivity index (χ0n) is 14.5. The summed E-state index contributed by atoms with van der Waals surface area (Å²) in [6, 6.07) is 0. The number of fused-ring (bicyclic) bond motifs is 3. The van der Waals surface area contributed by atoms with Crippen LogP contribution >= 0.6 is 0 Å². The normalized spacial score (nSPS) is 24.1. The fraction of sp³-hybridized carbons (Fsp3) is 0.529. The summed E-state index contributed by atoms with van der Waals surface area (Å²) in [4.78, 5) is 22.1. The Morgan fingerprint density at radius 1 is 1.44 bits per heavy atom. The van der Waals surface area contributed by atoms with Gasteiger partial charge in [0.2, 0.25) is 12.0 Å². The number of aromatic nitrogens is 4. The molecular weight excluding hydrogens is 363 g/mol. The molecule has 2 aromatic rings. The molecule has 0 saturated heterocycles. The van der Waals surface area contributed by atoms with Crippen molar-refractivity contribution in [1.82, 2.24) is 20.1 Å². The minimum Gasteiger partial charge on any atom is -0.336 e. The molecular formula is C17H17F3N5O2+. The van der Waals surface area contributed by atoms with Crippen molar-refractivity contribution >= 4 is 5.91 Å². The van der Waals surface area contributed by atoms with Gasteiger partial charge < -0.3 is 5.32 Å². The Labute approximate surface area is 152 Å². The number of rotatable bonds is 4. The highest BCUT2D eigenvalue weighted by Gasteiger charge is 2.64. The number of amides is 1. The fourth-order valence-electron chi connectivity index (χ4n) is 3.94. The van der Waals surface area contributed by atoms with Gasteiger partial charge >= 0.3 is 6.18 Å². The maximum Gasteiger partial charge on any atom is 0.411 e. The molecule has 142 valence electrons. The van der Waals surface area contributed by atoms with E-state index in [9.17, 15) is 18.0 Å². The van der Waals surface area contributed by atoms with Crippen LogP contribution in [-0.2, 0) is 6.42 Å². The van der Waals surface area contributed by atoms with Gasteiger partial charge in [-0.2, -0.15) is 18.3 Å². The maximum atomic E-state index is 13.2. The molecule has 0 aromatic carbocycles. The van der Waals surface area contributed by atoms with E-state index in [2.05, 4.69) is 15.4 Å². The van der Waals surface area contributed by atoms with E-state index in [1.54, 1.807) is 17.1 Å². The lowest BCUT2D eigenvalue weighted by molar-refractivity contribution is -0.885.